The molecular weight excluding hydrogens is 288 g/mol. The van der Waals surface area contributed by atoms with E-state index in [1.165, 1.54) is 4.90 Å². The van der Waals surface area contributed by atoms with Crippen molar-refractivity contribution in [2.45, 2.75) is 13.0 Å². The van der Waals surface area contributed by atoms with Gasteiger partial charge in [0.2, 0.25) is 5.91 Å². The van der Waals surface area contributed by atoms with Crippen LogP contribution >= 0.6 is 11.6 Å². The van der Waals surface area contributed by atoms with Crippen molar-refractivity contribution in [2.75, 3.05) is 5.73 Å². The summed E-state index contributed by atoms with van der Waals surface area (Å²) >= 11 is 6.12. The lowest BCUT2D eigenvalue weighted by Gasteiger charge is -2.27. The number of fused-ring (bicyclic) bond motifs is 1. The molecule has 106 valence electrons. The highest BCUT2D eigenvalue weighted by Crippen LogP contribution is 2.25. The average Bonchev–Trinajstić information content (AvgIpc) is 2.45. The Bertz CT molecular complexity index is 743. The van der Waals surface area contributed by atoms with Crippen LogP contribution in [-0.2, 0) is 17.8 Å². The molecular formula is C16H13ClN2O2. The third-order valence-corrected chi connectivity index (χ3v) is 3.89. The van der Waals surface area contributed by atoms with Crippen molar-refractivity contribution in [3.63, 3.8) is 0 Å². The molecule has 2 amide bonds. The van der Waals surface area contributed by atoms with Gasteiger partial charge in [-0.3, -0.25) is 14.5 Å². The third-order valence-electron chi connectivity index (χ3n) is 3.54. The quantitative estimate of drug-likeness (QED) is 0.685. The topological polar surface area (TPSA) is 63.4 Å². The van der Waals surface area contributed by atoms with Gasteiger partial charge in [0.15, 0.2) is 0 Å². The van der Waals surface area contributed by atoms with E-state index >= 15 is 0 Å². The minimum Gasteiger partial charge on any atom is -0.399 e. The van der Waals surface area contributed by atoms with Gasteiger partial charge in [-0.25, -0.2) is 0 Å². The largest absolute Gasteiger partial charge is 0.399 e. The van der Waals surface area contributed by atoms with Crippen LogP contribution < -0.4 is 5.73 Å². The van der Waals surface area contributed by atoms with Crippen LogP contribution in [0.25, 0.3) is 0 Å². The molecule has 5 heteroatoms. The Morgan fingerprint density at radius 2 is 1.90 bits per heavy atom. The summed E-state index contributed by atoms with van der Waals surface area (Å²) in [6.07, 6.45) is 0.231. The molecule has 0 aliphatic carbocycles. The second-order valence-electron chi connectivity index (χ2n) is 4.97. The molecule has 0 spiro atoms. The minimum absolute atomic E-state index is 0.158. The van der Waals surface area contributed by atoms with Crippen LogP contribution in [0.3, 0.4) is 0 Å². The van der Waals surface area contributed by atoms with Gasteiger partial charge in [-0.2, -0.15) is 0 Å². The van der Waals surface area contributed by atoms with Crippen LogP contribution in [0.2, 0.25) is 5.02 Å². The molecule has 4 nitrogen and oxygen atoms in total. The van der Waals surface area contributed by atoms with E-state index in [1.54, 1.807) is 36.4 Å². The second-order valence-corrected chi connectivity index (χ2v) is 5.38. The number of nitrogens with zero attached hydrogens (tertiary/aromatic N) is 1. The van der Waals surface area contributed by atoms with Crippen LogP contribution in [0.4, 0.5) is 5.69 Å². The third kappa shape index (κ3) is 2.50. The van der Waals surface area contributed by atoms with Gasteiger partial charge in [-0.05, 0) is 29.3 Å². The van der Waals surface area contributed by atoms with Crippen LogP contribution in [0.5, 0.6) is 0 Å². The molecule has 1 heterocycles. The van der Waals surface area contributed by atoms with Gasteiger partial charge in [0, 0.05) is 16.3 Å². The molecule has 3 rings (SSSR count). The molecule has 0 bridgehead atoms. The summed E-state index contributed by atoms with van der Waals surface area (Å²) in [5.41, 5.74) is 8.24. The molecule has 2 aromatic carbocycles. The van der Waals surface area contributed by atoms with Crippen LogP contribution in [0, 0.1) is 0 Å². The van der Waals surface area contributed by atoms with E-state index < -0.39 is 0 Å². The zero-order valence-electron chi connectivity index (χ0n) is 11.2. The highest BCUT2D eigenvalue weighted by Gasteiger charge is 2.30. The van der Waals surface area contributed by atoms with Crippen molar-refractivity contribution >= 4 is 29.1 Å². The Labute approximate surface area is 127 Å². The summed E-state index contributed by atoms with van der Waals surface area (Å²) < 4.78 is 0. The number of carbonyl (C=O) groups is 2. The molecule has 2 aromatic rings. The number of hydrogen-bond acceptors (Lipinski definition) is 3. The summed E-state index contributed by atoms with van der Waals surface area (Å²) in [7, 11) is 0. The van der Waals surface area contributed by atoms with Gasteiger partial charge >= 0.3 is 0 Å². The number of nitrogens with two attached hydrogens (primary N) is 1. The monoisotopic (exact) mass is 300 g/mol. The fourth-order valence-electron chi connectivity index (χ4n) is 2.42. The fourth-order valence-corrected chi connectivity index (χ4v) is 2.67. The number of hydrogen-bond donors (Lipinski definition) is 1. The normalized spacial score (nSPS) is 14.2. The van der Waals surface area contributed by atoms with Gasteiger partial charge in [-0.1, -0.05) is 35.9 Å². The van der Waals surface area contributed by atoms with Crippen LogP contribution in [0.1, 0.15) is 21.5 Å². The number of halogens is 1. The first-order chi connectivity index (χ1) is 10.1. The maximum Gasteiger partial charge on any atom is 0.261 e. The number of imide groups is 1. The van der Waals surface area contributed by atoms with Crippen molar-refractivity contribution < 1.29 is 9.59 Å². The summed E-state index contributed by atoms with van der Waals surface area (Å²) in [6, 6.07) is 12.2. The Morgan fingerprint density at radius 1 is 1.14 bits per heavy atom. The highest BCUT2D eigenvalue weighted by atomic mass is 35.5. The minimum atomic E-state index is -0.283. The molecule has 0 saturated carbocycles. The van der Waals surface area contributed by atoms with E-state index in [-0.39, 0.29) is 24.8 Å². The maximum absolute atomic E-state index is 12.4. The predicted molar refractivity (Wildman–Crippen MR) is 80.9 cm³/mol. The summed E-state index contributed by atoms with van der Waals surface area (Å²) in [5, 5.41) is 0.453. The van der Waals surface area contributed by atoms with E-state index in [2.05, 4.69) is 0 Å². The smallest absolute Gasteiger partial charge is 0.261 e. The van der Waals surface area contributed by atoms with Gasteiger partial charge in [0.1, 0.15) is 0 Å². The Kier molecular flexibility index (Phi) is 3.39. The Balaban J connectivity index is 1.93. The van der Waals surface area contributed by atoms with E-state index in [1.807, 2.05) is 6.07 Å². The molecule has 0 saturated heterocycles. The second kappa shape index (κ2) is 5.22. The number of nitrogen functional groups attached to an aromatic ring is 1. The molecule has 21 heavy (non-hydrogen) atoms. The number of carbonyl (C=O) groups excluding carboxylic acids is 2. The lowest BCUT2D eigenvalue weighted by Crippen LogP contribution is -2.41. The first kappa shape index (κ1) is 13.6. The Morgan fingerprint density at radius 3 is 2.67 bits per heavy atom. The molecule has 1 aliphatic rings. The van der Waals surface area contributed by atoms with Crippen LogP contribution in [0.15, 0.2) is 42.5 Å². The lowest BCUT2D eigenvalue weighted by atomic mass is 9.98. The number of anilines is 1. The molecule has 0 atom stereocenters. The number of rotatable bonds is 2. The van der Waals surface area contributed by atoms with Crippen molar-refractivity contribution in [3.8, 4) is 0 Å². The van der Waals surface area contributed by atoms with Gasteiger partial charge in [0.05, 0.1) is 13.0 Å². The standard InChI is InChI=1S/C16H13ClN2O2/c17-14-8-12(18)6-5-11(14)9-19-15(20)7-10-3-1-2-4-13(10)16(19)21/h1-6,8H,7,9,18H2. The number of benzene rings is 2. The van der Waals surface area contributed by atoms with Crippen molar-refractivity contribution in [1.29, 1.82) is 0 Å². The highest BCUT2D eigenvalue weighted by molar-refractivity contribution is 6.31. The first-order valence-electron chi connectivity index (χ1n) is 6.53. The average molecular weight is 301 g/mol. The van der Waals surface area contributed by atoms with Crippen molar-refractivity contribution in [2.24, 2.45) is 0 Å². The zero-order valence-corrected chi connectivity index (χ0v) is 11.9. The molecule has 0 fully saturated rings. The summed E-state index contributed by atoms with van der Waals surface area (Å²) in [6.45, 7) is 0.158. The summed E-state index contributed by atoms with van der Waals surface area (Å²) in [4.78, 5) is 25.9. The molecule has 0 radical (unpaired) electrons. The van der Waals surface area contributed by atoms with Gasteiger partial charge in [0.25, 0.3) is 5.91 Å². The molecule has 0 unspecified atom stereocenters. The first-order valence-corrected chi connectivity index (χ1v) is 6.90. The molecule has 1 aliphatic heterocycles. The van der Waals surface area contributed by atoms with E-state index in [0.29, 0.717) is 21.8 Å². The zero-order chi connectivity index (χ0) is 15.0. The fraction of sp³-hybridized carbons (Fsp3) is 0.125. The van der Waals surface area contributed by atoms with E-state index in [0.717, 1.165) is 5.56 Å². The molecule has 0 aromatic heterocycles. The van der Waals surface area contributed by atoms with E-state index in [4.69, 9.17) is 17.3 Å². The maximum atomic E-state index is 12.4. The predicted octanol–water partition coefficient (Wildman–Crippen LogP) is 2.65. The van der Waals surface area contributed by atoms with Crippen molar-refractivity contribution in [1.82, 2.24) is 4.90 Å². The van der Waals surface area contributed by atoms with Gasteiger partial charge in [-0.15, -0.1) is 0 Å². The molecule has 2 N–H and O–H groups in total. The number of amides is 2. The summed E-state index contributed by atoms with van der Waals surface area (Å²) in [5.74, 6) is -0.499. The van der Waals surface area contributed by atoms with Crippen LogP contribution in [-0.4, -0.2) is 16.7 Å². The van der Waals surface area contributed by atoms with Crippen molar-refractivity contribution in [3.05, 3.63) is 64.2 Å². The van der Waals surface area contributed by atoms with Gasteiger partial charge < -0.3 is 5.73 Å². The Hall–Kier alpha value is -2.33. The SMILES string of the molecule is Nc1ccc(CN2C(=O)Cc3ccccc3C2=O)c(Cl)c1. The van der Waals surface area contributed by atoms with E-state index in [9.17, 15) is 9.59 Å². The lowest BCUT2D eigenvalue weighted by molar-refractivity contribution is -0.128.